The van der Waals surface area contributed by atoms with E-state index in [9.17, 15) is 0 Å². The normalized spacial score (nSPS) is 10.5. The molecule has 1 aromatic rings. The van der Waals surface area contributed by atoms with Crippen LogP contribution in [-0.2, 0) is 13.0 Å². The van der Waals surface area contributed by atoms with Gasteiger partial charge in [0.15, 0.2) is 0 Å². The third-order valence-corrected chi connectivity index (χ3v) is 3.00. The average molecular weight is 232 g/mol. The maximum absolute atomic E-state index is 3.66. The first kappa shape index (κ1) is 13.8. The summed E-state index contributed by atoms with van der Waals surface area (Å²) in [6, 6.07) is 8.93. The molecule has 0 spiro atoms. The van der Waals surface area contributed by atoms with Gasteiger partial charge in [0.1, 0.15) is 0 Å². The van der Waals surface area contributed by atoms with Crippen LogP contribution in [0.5, 0.6) is 0 Å². The van der Waals surface area contributed by atoms with Crippen LogP contribution in [0.3, 0.4) is 0 Å². The third-order valence-electron chi connectivity index (χ3n) is 3.00. The number of likely N-dealkylation sites (N-methyl/N-ethyl adjacent to an activating group) is 1. The molecule has 0 fully saturated rings. The van der Waals surface area contributed by atoms with Crippen molar-refractivity contribution in [2.75, 3.05) is 19.6 Å². The van der Waals surface area contributed by atoms with Gasteiger partial charge in [-0.25, -0.2) is 0 Å². The summed E-state index contributed by atoms with van der Waals surface area (Å²) in [6.07, 6.45) is 2.87. The largest absolute Gasteiger partial charge is 0.390 e. The second-order valence-electron chi connectivity index (χ2n) is 4.20. The minimum absolute atomic E-state index is 0.963. The molecule has 0 aliphatic carbocycles. The molecule has 0 aliphatic rings. The maximum atomic E-state index is 3.66. The summed E-state index contributed by atoms with van der Waals surface area (Å²) < 4.78 is 0. The Labute approximate surface area is 105 Å². The Bertz CT molecular complexity index is 316. The van der Waals surface area contributed by atoms with E-state index in [2.05, 4.69) is 54.9 Å². The first-order valence-electron chi connectivity index (χ1n) is 6.44. The van der Waals surface area contributed by atoms with E-state index in [4.69, 9.17) is 0 Å². The van der Waals surface area contributed by atoms with E-state index < -0.39 is 0 Å². The van der Waals surface area contributed by atoms with Crippen LogP contribution in [0.4, 0.5) is 0 Å². The molecule has 0 amide bonds. The van der Waals surface area contributed by atoms with Crippen LogP contribution in [0, 0.1) is 0 Å². The second-order valence-corrected chi connectivity index (χ2v) is 4.20. The lowest BCUT2D eigenvalue weighted by Crippen LogP contribution is -2.29. The fraction of sp³-hybridized carbons (Fsp3) is 0.467. The molecule has 0 atom stereocenters. The third kappa shape index (κ3) is 5.05. The summed E-state index contributed by atoms with van der Waals surface area (Å²) in [5, 5.41) is 3.14. The Morgan fingerprint density at radius 1 is 1.18 bits per heavy atom. The standard InChI is InChI=1S/C15H24N2/c1-4-14-7-9-15(10-8-14)13-17(6-3)12-11-16-5-2/h5,7-10,16H,2,4,6,11-13H2,1,3H3. The SMILES string of the molecule is C=CNCCN(CC)Cc1ccc(CC)cc1. The van der Waals surface area contributed by atoms with Crippen molar-refractivity contribution in [2.24, 2.45) is 0 Å². The Morgan fingerprint density at radius 2 is 1.82 bits per heavy atom. The lowest BCUT2D eigenvalue weighted by atomic mass is 10.1. The van der Waals surface area contributed by atoms with Crippen molar-refractivity contribution in [3.63, 3.8) is 0 Å². The van der Waals surface area contributed by atoms with Crippen molar-refractivity contribution in [1.29, 1.82) is 0 Å². The Morgan fingerprint density at radius 3 is 2.35 bits per heavy atom. The van der Waals surface area contributed by atoms with Gasteiger partial charge in [-0.1, -0.05) is 44.7 Å². The molecule has 0 bridgehead atoms. The number of nitrogens with zero attached hydrogens (tertiary/aromatic N) is 1. The van der Waals surface area contributed by atoms with Gasteiger partial charge in [-0.2, -0.15) is 0 Å². The second kappa shape index (κ2) is 7.91. The van der Waals surface area contributed by atoms with Gasteiger partial charge < -0.3 is 5.32 Å². The summed E-state index contributed by atoms with van der Waals surface area (Å²) in [4.78, 5) is 2.43. The molecule has 2 heteroatoms. The van der Waals surface area contributed by atoms with E-state index in [1.807, 2.05) is 0 Å². The molecule has 1 aromatic carbocycles. The topological polar surface area (TPSA) is 15.3 Å². The van der Waals surface area contributed by atoms with Crippen LogP contribution in [0.15, 0.2) is 37.0 Å². The van der Waals surface area contributed by atoms with Crippen molar-refractivity contribution in [1.82, 2.24) is 10.2 Å². The van der Waals surface area contributed by atoms with E-state index in [1.165, 1.54) is 11.1 Å². The maximum Gasteiger partial charge on any atom is 0.0269 e. The highest BCUT2D eigenvalue weighted by molar-refractivity contribution is 5.22. The number of aryl methyl sites for hydroxylation is 1. The number of hydrogen-bond acceptors (Lipinski definition) is 2. The van der Waals surface area contributed by atoms with Crippen molar-refractivity contribution in [2.45, 2.75) is 26.8 Å². The minimum atomic E-state index is 0.963. The molecule has 0 saturated carbocycles. The predicted molar refractivity (Wildman–Crippen MR) is 75.0 cm³/mol. The van der Waals surface area contributed by atoms with E-state index >= 15 is 0 Å². The van der Waals surface area contributed by atoms with Gasteiger partial charge in [0.25, 0.3) is 0 Å². The van der Waals surface area contributed by atoms with Crippen LogP contribution in [0.1, 0.15) is 25.0 Å². The Hall–Kier alpha value is -1.28. The lowest BCUT2D eigenvalue weighted by Gasteiger charge is -2.20. The van der Waals surface area contributed by atoms with Crippen LogP contribution in [0.2, 0.25) is 0 Å². The molecular formula is C15H24N2. The first-order chi connectivity index (χ1) is 8.30. The van der Waals surface area contributed by atoms with E-state index in [-0.39, 0.29) is 0 Å². The van der Waals surface area contributed by atoms with Crippen molar-refractivity contribution in [3.8, 4) is 0 Å². The lowest BCUT2D eigenvalue weighted by molar-refractivity contribution is 0.283. The summed E-state index contributed by atoms with van der Waals surface area (Å²) in [7, 11) is 0. The fourth-order valence-electron chi connectivity index (χ4n) is 1.81. The summed E-state index contributed by atoms with van der Waals surface area (Å²) in [6.45, 7) is 12.2. The molecule has 2 nitrogen and oxygen atoms in total. The molecular weight excluding hydrogens is 208 g/mol. The molecule has 0 saturated heterocycles. The number of nitrogens with one attached hydrogen (secondary N) is 1. The van der Waals surface area contributed by atoms with Crippen LogP contribution in [-0.4, -0.2) is 24.5 Å². The quantitative estimate of drug-likeness (QED) is 0.693. The molecule has 1 N–H and O–H groups in total. The van der Waals surface area contributed by atoms with Crippen LogP contribution >= 0.6 is 0 Å². The number of hydrogen-bond donors (Lipinski definition) is 1. The van der Waals surface area contributed by atoms with Gasteiger partial charge >= 0.3 is 0 Å². The van der Waals surface area contributed by atoms with E-state index in [0.717, 1.165) is 32.6 Å². The molecule has 0 aromatic heterocycles. The van der Waals surface area contributed by atoms with Crippen molar-refractivity contribution in [3.05, 3.63) is 48.2 Å². The van der Waals surface area contributed by atoms with Gasteiger partial charge in [-0.3, -0.25) is 4.90 Å². The molecule has 17 heavy (non-hydrogen) atoms. The Kier molecular flexibility index (Phi) is 6.41. The van der Waals surface area contributed by atoms with E-state index in [0.29, 0.717) is 0 Å². The molecule has 0 aliphatic heterocycles. The number of rotatable bonds is 8. The van der Waals surface area contributed by atoms with Gasteiger partial charge in [0, 0.05) is 19.6 Å². The van der Waals surface area contributed by atoms with Crippen molar-refractivity contribution >= 4 is 0 Å². The van der Waals surface area contributed by atoms with Gasteiger partial charge in [-0.15, -0.1) is 0 Å². The minimum Gasteiger partial charge on any atom is -0.390 e. The zero-order valence-electron chi connectivity index (χ0n) is 11.1. The predicted octanol–water partition coefficient (Wildman–Crippen LogP) is 2.80. The first-order valence-corrected chi connectivity index (χ1v) is 6.44. The fourth-order valence-corrected chi connectivity index (χ4v) is 1.81. The highest BCUT2D eigenvalue weighted by atomic mass is 15.1. The van der Waals surface area contributed by atoms with Crippen LogP contribution in [0.25, 0.3) is 0 Å². The molecule has 1 rings (SSSR count). The molecule has 0 unspecified atom stereocenters. The van der Waals surface area contributed by atoms with Crippen molar-refractivity contribution < 1.29 is 0 Å². The van der Waals surface area contributed by atoms with Crippen LogP contribution < -0.4 is 5.32 Å². The zero-order valence-corrected chi connectivity index (χ0v) is 11.1. The smallest absolute Gasteiger partial charge is 0.0269 e. The van der Waals surface area contributed by atoms with Gasteiger partial charge in [-0.05, 0) is 30.3 Å². The summed E-state index contributed by atoms with van der Waals surface area (Å²) in [5.74, 6) is 0. The highest BCUT2D eigenvalue weighted by Gasteiger charge is 2.02. The number of benzene rings is 1. The average Bonchev–Trinajstić information content (AvgIpc) is 2.38. The summed E-state index contributed by atoms with van der Waals surface area (Å²) in [5.41, 5.74) is 2.80. The van der Waals surface area contributed by atoms with E-state index in [1.54, 1.807) is 6.20 Å². The monoisotopic (exact) mass is 232 g/mol. The zero-order chi connectivity index (χ0) is 12.5. The van der Waals surface area contributed by atoms with Gasteiger partial charge in [0.05, 0.1) is 0 Å². The Balaban J connectivity index is 2.45. The molecule has 94 valence electrons. The van der Waals surface area contributed by atoms with Gasteiger partial charge in [0.2, 0.25) is 0 Å². The molecule has 0 heterocycles. The summed E-state index contributed by atoms with van der Waals surface area (Å²) >= 11 is 0. The molecule has 0 radical (unpaired) electrons. The highest BCUT2D eigenvalue weighted by Crippen LogP contribution is 2.07.